The smallest absolute Gasteiger partial charge is 0.323 e. The number of urea groups is 1. The topological polar surface area (TPSA) is 65.5 Å². The molecular formula is C14H22N4O2S. The molecule has 1 N–H and O–H groups in total. The number of aryl methyl sites for hydroxylation is 2. The van der Waals surface area contributed by atoms with Gasteiger partial charge in [-0.3, -0.25) is 10.1 Å². The normalized spacial score (nSPS) is 15.9. The van der Waals surface area contributed by atoms with Crippen LogP contribution in [0, 0.1) is 13.8 Å². The van der Waals surface area contributed by atoms with Crippen LogP contribution in [0.1, 0.15) is 30.3 Å². The van der Waals surface area contributed by atoms with Gasteiger partial charge in [0.05, 0.1) is 5.69 Å². The van der Waals surface area contributed by atoms with Crippen LogP contribution in [0.4, 0.5) is 9.93 Å². The SMILES string of the molecule is CC(=O)N(C)C1CCN(C(=O)Nc2nc(C)c(C)s2)CC1. The summed E-state index contributed by atoms with van der Waals surface area (Å²) < 4.78 is 0. The molecule has 2 heterocycles. The van der Waals surface area contributed by atoms with E-state index < -0.39 is 0 Å². The number of aromatic nitrogens is 1. The molecule has 0 radical (unpaired) electrons. The van der Waals surface area contributed by atoms with Crippen LogP contribution in [0.3, 0.4) is 0 Å². The summed E-state index contributed by atoms with van der Waals surface area (Å²) in [6.45, 7) is 6.83. The van der Waals surface area contributed by atoms with Crippen molar-refractivity contribution < 1.29 is 9.59 Å². The number of likely N-dealkylation sites (tertiary alicyclic amines) is 1. The Morgan fingerprint density at radius 2 is 1.95 bits per heavy atom. The van der Waals surface area contributed by atoms with E-state index >= 15 is 0 Å². The Morgan fingerprint density at radius 3 is 2.43 bits per heavy atom. The molecule has 0 atom stereocenters. The second-order valence-electron chi connectivity index (χ2n) is 5.44. The molecule has 3 amide bonds. The molecule has 0 spiro atoms. The van der Waals surface area contributed by atoms with Gasteiger partial charge in [-0.25, -0.2) is 9.78 Å². The molecule has 2 rings (SSSR count). The largest absolute Gasteiger partial charge is 0.343 e. The van der Waals surface area contributed by atoms with Gasteiger partial charge in [0.1, 0.15) is 0 Å². The predicted molar refractivity (Wildman–Crippen MR) is 83.6 cm³/mol. The number of rotatable bonds is 2. The average Bonchev–Trinajstić information content (AvgIpc) is 2.76. The minimum absolute atomic E-state index is 0.0756. The van der Waals surface area contributed by atoms with Crippen molar-refractivity contribution in [2.75, 3.05) is 25.5 Å². The molecule has 1 aliphatic rings. The van der Waals surface area contributed by atoms with Crippen molar-refractivity contribution in [2.24, 2.45) is 0 Å². The summed E-state index contributed by atoms with van der Waals surface area (Å²) in [6.07, 6.45) is 1.64. The fraction of sp³-hybridized carbons (Fsp3) is 0.643. The van der Waals surface area contributed by atoms with E-state index in [1.807, 2.05) is 20.9 Å². The van der Waals surface area contributed by atoms with E-state index in [2.05, 4.69) is 10.3 Å². The lowest BCUT2D eigenvalue weighted by Crippen LogP contribution is -2.47. The molecule has 0 aliphatic carbocycles. The molecule has 1 aromatic heterocycles. The second kappa shape index (κ2) is 6.43. The number of thiazole rings is 1. The number of nitrogens with one attached hydrogen (secondary N) is 1. The summed E-state index contributed by atoms with van der Waals surface area (Å²) in [6, 6.07) is 0.128. The molecule has 0 unspecified atom stereocenters. The minimum Gasteiger partial charge on any atom is -0.343 e. The summed E-state index contributed by atoms with van der Waals surface area (Å²) in [7, 11) is 1.82. The maximum atomic E-state index is 12.2. The second-order valence-corrected chi connectivity index (χ2v) is 6.64. The minimum atomic E-state index is -0.104. The molecule has 0 saturated carbocycles. The lowest BCUT2D eigenvalue weighted by Gasteiger charge is -2.36. The van der Waals surface area contributed by atoms with Crippen molar-refractivity contribution in [2.45, 2.75) is 39.7 Å². The van der Waals surface area contributed by atoms with E-state index in [1.165, 1.54) is 11.3 Å². The van der Waals surface area contributed by atoms with Gasteiger partial charge in [0.15, 0.2) is 5.13 Å². The quantitative estimate of drug-likeness (QED) is 0.911. The molecule has 1 aliphatic heterocycles. The first kappa shape index (κ1) is 15.8. The van der Waals surface area contributed by atoms with Crippen molar-refractivity contribution in [1.29, 1.82) is 0 Å². The molecule has 0 bridgehead atoms. The zero-order valence-corrected chi connectivity index (χ0v) is 13.8. The highest BCUT2D eigenvalue weighted by atomic mass is 32.1. The van der Waals surface area contributed by atoms with Gasteiger partial charge in [-0.1, -0.05) is 0 Å². The number of carbonyl (C=O) groups excluding carboxylic acids is 2. The Balaban J connectivity index is 1.87. The summed E-state index contributed by atoms with van der Waals surface area (Å²) in [5, 5.41) is 3.50. The number of hydrogen-bond donors (Lipinski definition) is 1. The van der Waals surface area contributed by atoms with Gasteiger partial charge in [-0.15, -0.1) is 11.3 Å². The molecule has 6 nitrogen and oxygen atoms in total. The third-order valence-corrected chi connectivity index (χ3v) is 5.03. The number of anilines is 1. The van der Waals surface area contributed by atoms with E-state index in [1.54, 1.807) is 16.7 Å². The number of hydrogen-bond acceptors (Lipinski definition) is 4. The van der Waals surface area contributed by atoms with Crippen LogP contribution in [-0.4, -0.2) is 52.9 Å². The molecule has 7 heteroatoms. The van der Waals surface area contributed by atoms with Gasteiger partial charge in [0.2, 0.25) is 5.91 Å². The lowest BCUT2D eigenvalue weighted by atomic mass is 10.0. The van der Waals surface area contributed by atoms with E-state index in [0.29, 0.717) is 18.2 Å². The van der Waals surface area contributed by atoms with Crippen molar-refractivity contribution in [3.05, 3.63) is 10.6 Å². The predicted octanol–water partition coefficient (Wildman–Crippen LogP) is 2.23. The maximum absolute atomic E-state index is 12.2. The fourth-order valence-corrected chi connectivity index (χ4v) is 3.21. The van der Waals surface area contributed by atoms with E-state index in [4.69, 9.17) is 0 Å². The molecule has 1 aromatic rings. The Kier molecular flexibility index (Phi) is 4.82. The van der Waals surface area contributed by atoms with Crippen molar-refractivity contribution in [1.82, 2.24) is 14.8 Å². The van der Waals surface area contributed by atoms with Crippen LogP contribution in [0.15, 0.2) is 0 Å². The zero-order chi connectivity index (χ0) is 15.6. The summed E-state index contributed by atoms with van der Waals surface area (Å²) >= 11 is 1.49. The van der Waals surface area contributed by atoms with Crippen LogP contribution in [0.5, 0.6) is 0 Å². The van der Waals surface area contributed by atoms with E-state index in [0.717, 1.165) is 23.4 Å². The number of nitrogens with zero attached hydrogens (tertiary/aromatic N) is 3. The van der Waals surface area contributed by atoms with E-state index in [-0.39, 0.29) is 18.0 Å². The highest BCUT2D eigenvalue weighted by Crippen LogP contribution is 2.22. The maximum Gasteiger partial charge on any atom is 0.323 e. The number of piperidine rings is 1. The highest BCUT2D eigenvalue weighted by molar-refractivity contribution is 7.15. The monoisotopic (exact) mass is 310 g/mol. The van der Waals surface area contributed by atoms with Crippen molar-refractivity contribution >= 4 is 28.4 Å². The molecule has 0 aromatic carbocycles. The molecule has 1 saturated heterocycles. The zero-order valence-electron chi connectivity index (χ0n) is 13.0. The fourth-order valence-electron chi connectivity index (χ4n) is 2.41. The van der Waals surface area contributed by atoms with Gasteiger partial charge in [0, 0.05) is 38.0 Å². The van der Waals surface area contributed by atoms with Crippen LogP contribution in [0.25, 0.3) is 0 Å². The highest BCUT2D eigenvalue weighted by Gasteiger charge is 2.26. The average molecular weight is 310 g/mol. The first-order valence-electron chi connectivity index (χ1n) is 7.12. The Labute approximate surface area is 129 Å². The number of amides is 3. The molecule has 116 valence electrons. The van der Waals surface area contributed by atoms with Crippen molar-refractivity contribution in [3.63, 3.8) is 0 Å². The number of carbonyl (C=O) groups is 2. The third-order valence-electron chi connectivity index (χ3n) is 4.04. The van der Waals surface area contributed by atoms with Crippen LogP contribution in [-0.2, 0) is 4.79 Å². The first-order valence-corrected chi connectivity index (χ1v) is 7.93. The first-order chi connectivity index (χ1) is 9.88. The van der Waals surface area contributed by atoms with Gasteiger partial charge in [-0.2, -0.15) is 0 Å². The molecule has 1 fully saturated rings. The summed E-state index contributed by atoms with van der Waals surface area (Å²) in [5.74, 6) is 0.0756. The van der Waals surface area contributed by atoms with Gasteiger partial charge >= 0.3 is 6.03 Å². The lowest BCUT2D eigenvalue weighted by molar-refractivity contribution is -0.130. The van der Waals surface area contributed by atoms with Crippen LogP contribution in [0.2, 0.25) is 0 Å². The van der Waals surface area contributed by atoms with Crippen LogP contribution < -0.4 is 5.32 Å². The Bertz CT molecular complexity index is 516. The Morgan fingerprint density at radius 1 is 1.33 bits per heavy atom. The molecular weight excluding hydrogens is 288 g/mol. The van der Waals surface area contributed by atoms with E-state index in [9.17, 15) is 9.59 Å². The summed E-state index contributed by atoms with van der Waals surface area (Å²) in [4.78, 5) is 32.6. The van der Waals surface area contributed by atoms with Gasteiger partial charge in [0.25, 0.3) is 0 Å². The standard InChI is InChI=1S/C14H22N4O2S/c1-9-10(2)21-13(15-9)16-14(20)18-7-5-12(6-8-18)17(4)11(3)19/h12H,5-8H2,1-4H3,(H,15,16,20). The summed E-state index contributed by atoms with van der Waals surface area (Å²) in [5.41, 5.74) is 0.956. The van der Waals surface area contributed by atoms with Gasteiger partial charge in [-0.05, 0) is 26.7 Å². The van der Waals surface area contributed by atoms with Crippen LogP contribution >= 0.6 is 11.3 Å². The van der Waals surface area contributed by atoms with Crippen molar-refractivity contribution in [3.8, 4) is 0 Å². The molecule has 21 heavy (non-hydrogen) atoms. The Hall–Kier alpha value is -1.63. The van der Waals surface area contributed by atoms with Gasteiger partial charge < -0.3 is 9.80 Å². The third kappa shape index (κ3) is 3.72.